The van der Waals surface area contributed by atoms with Gasteiger partial charge in [0.15, 0.2) is 17.1 Å². The van der Waals surface area contributed by atoms with Crippen LogP contribution in [-0.4, -0.2) is 77.6 Å². The van der Waals surface area contributed by atoms with E-state index in [9.17, 15) is 9.18 Å². The zero-order chi connectivity index (χ0) is 24.9. The van der Waals surface area contributed by atoms with Gasteiger partial charge in [0.1, 0.15) is 11.9 Å². The van der Waals surface area contributed by atoms with Crippen molar-refractivity contribution >= 4 is 34.7 Å². The molecule has 1 saturated heterocycles. The zero-order valence-electron chi connectivity index (χ0n) is 18.7. The maximum Gasteiger partial charge on any atom is 0.338 e. The molecule has 2 aliphatic rings. The Labute approximate surface area is 210 Å². The zero-order valence-corrected chi connectivity index (χ0v) is 20.3. The van der Waals surface area contributed by atoms with Crippen LogP contribution in [0.25, 0.3) is 0 Å². The van der Waals surface area contributed by atoms with E-state index < -0.39 is 24.1 Å². The number of hydrogen-bond donors (Lipinski definition) is 3. The molecule has 4 rings (SSSR count). The van der Waals surface area contributed by atoms with Crippen LogP contribution in [0.2, 0.25) is 5.02 Å². The summed E-state index contributed by atoms with van der Waals surface area (Å²) in [5.74, 6) is -0.630. The number of aliphatic imine (C=N–C) groups is 1. The van der Waals surface area contributed by atoms with E-state index in [0.717, 1.165) is 0 Å². The van der Waals surface area contributed by atoms with Gasteiger partial charge < -0.3 is 25.0 Å². The van der Waals surface area contributed by atoms with Crippen molar-refractivity contribution < 1.29 is 28.9 Å². The number of benzene rings is 1. The van der Waals surface area contributed by atoms with Crippen molar-refractivity contribution in [1.29, 1.82) is 0 Å². The molecular weight excluding hydrogens is 499 g/mol. The van der Waals surface area contributed by atoms with Crippen molar-refractivity contribution in [3.63, 3.8) is 0 Å². The molecule has 1 aromatic heterocycles. The predicted molar refractivity (Wildman–Crippen MR) is 129 cm³/mol. The Morgan fingerprint density at radius 1 is 1.49 bits per heavy atom. The molecule has 2 aromatic rings. The number of aliphatic hydroxyl groups is 2. The van der Waals surface area contributed by atoms with Gasteiger partial charge in [-0.2, -0.15) is 0 Å². The second-order valence-electron chi connectivity index (χ2n) is 7.84. The maximum absolute atomic E-state index is 13.8. The van der Waals surface area contributed by atoms with Crippen LogP contribution >= 0.6 is 22.9 Å². The number of morpholine rings is 1. The Morgan fingerprint density at radius 3 is 3.00 bits per heavy atom. The number of esters is 1. The topological polar surface area (TPSA) is 117 Å². The number of methoxy groups -OCH3 is 1. The SMILES string of the molecule is COC(=O)C1=C(CN2CCO[C@H](/C=C/C(O)O)C2)NC(c2nccs2)=N[C@H]1c1ccc(F)cc1Cl. The molecule has 0 radical (unpaired) electrons. The lowest BCUT2D eigenvalue weighted by Gasteiger charge is -2.34. The van der Waals surface area contributed by atoms with E-state index in [1.165, 1.54) is 42.7 Å². The van der Waals surface area contributed by atoms with Crippen molar-refractivity contribution in [2.45, 2.75) is 18.4 Å². The normalized spacial score (nSPS) is 21.4. The Bertz CT molecular complexity index is 1150. The molecule has 3 N–H and O–H groups in total. The third-order valence-corrected chi connectivity index (χ3v) is 6.59. The van der Waals surface area contributed by atoms with Crippen molar-refractivity contribution in [3.05, 3.63) is 74.6 Å². The van der Waals surface area contributed by atoms with Gasteiger partial charge in [-0.05, 0) is 18.2 Å². The molecular formula is C23H24ClFN4O5S. The van der Waals surface area contributed by atoms with Gasteiger partial charge in [-0.1, -0.05) is 23.7 Å². The fourth-order valence-corrected chi connectivity index (χ4v) is 4.76. The molecule has 9 nitrogen and oxygen atoms in total. The molecule has 0 aliphatic carbocycles. The largest absolute Gasteiger partial charge is 0.466 e. The number of hydrogen-bond acceptors (Lipinski definition) is 10. The van der Waals surface area contributed by atoms with Gasteiger partial charge in [-0.15, -0.1) is 11.3 Å². The molecule has 35 heavy (non-hydrogen) atoms. The highest BCUT2D eigenvalue weighted by Gasteiger charge is 2.35. The molecule has 1 aromatic carbocycles. The maximum atomic E-state index is 13.8. The second-order valence-corrected chi connectivity index (χ2v) is 9.14. The molecule has 186 valence electrons. The highest BCUT2D eigenvalue weighted by atomic mass is 35.5. The summed E-state index contributed by atoms with van der Waals surface area (Å²) in [6, 6.07) is 3.12. The Morgan fingerprint density at radius 2 is 2.31 bits per heavy atom. The van der Waals surface area contributed by atoms with Crippen LogP contribution in [-0.2, 0) is 14.3 Å². The van der Waals surface area contributed by atoms with Crippen LogP contribution < -0.4 is 5.32 Å². The van der Waals surface area contributed by atoms with E-state index in [4.69, 9.17) is 36.3 Å². The standard InChI is InChI=1S/C23H24ClFN4O5S/c1-33-23(32)19-17(12-29-7-8-34-14(11-29)3-5-18(30)31)27-21(22-26-6-9-35-22)28-20(19)15-4-2-13(25)10-16(15)24/h2-6,9-10,14,18,20,30-31H,7-8,11-12H2,1H3,(H,27,28)/b5-3+/t14-,20+/m1/s1. The smallest absolute Gasteiger partial charge is 0.338 e. The monoisotopic (exact) mass is 522 g/mol. The second kappa shape index (κ2) is 11.4. The Balaban J connectivity index is 1.72. The first-order valence-electron chi connectivity index (χ1n) is 10.7. The van der Waals surface area contributed by atoms with Crippen LogP contribution in [0.15, 0.2) is 58.2 Å². The number of rotatable bonds is 7. The number of nitrogens with one attached hydrogen (secondary N) is 1. The molecule has 0 amide bonds. The number of carbonyl (C=O) groups excluding carboxylic acids is 1. The van der Waals surface area contributed by atoms with E-state index in [1.807, 2.05) is 5.38 Å². The van der Waals surface area contributed by atoms with Crippen molar-refractivity contribution in [1.82, 2.24) is 15.2 Å². The Hall–Kier alpha value is -2.67. The molecule has 2 atom stereocenters. The molecule has 1 fully saturated rings. The minimum Gasteiger partial charge on any atom is -0.466 e. The first-order chi connectivity index (χ1) is 16.9. The average molecular weight is 523 g/mol. The summed E-state index contributed by atoms with van der Waals surface area (Å²) in [5.41, 5.74) is 1.26. The van der Waals surface area contributed by atoms with Crippen LogP contribution in [0.1, 0.15) is 16.6 Å². The molecule has 0 unspecified atom stereocenters. The van der Waals surface area contributed by atoms with E-state index in [0.29, 0.717) is 48.3 Å². The van der Waals surface area contributed by atoms with E-state index in [1.54, 1.807) is 12.3 Å². The van der Waals surface area contributed by atoms with Crippen LogP contribution in [0.5, 0.6) is 0 Å². The summed E-state index contributed by atoms with van der Waals surface area (Å²) >= 11 is 7.76. The first-order valence-corrected chi connectivity index (χ1v) is 12.0. The molecule has 0 saturated carbocycles. The van der Waals surface area contributed by atoms with Gasteiger partial charge in [0, 0.05) is 47.5 Å². The molecule has 3 heterocycles. The minimum absolute atomic E-state index is 0.138. The fourth-order valence-electron chi connectivity index (χ4n) is 3.91. The van der Waals surface area contributed by atoms with Gasteiger partial charge >= 0.3 is 5.97 Å². The molecule has 2 aliphatic heterocycles. The summed E-state index contributed by atoms with van der Waals surface area (Å²) in [6.07, 6.45) is 2.56. The summed E-state index contributed by atoms with van der Waals surface area (Å²) < 4.78 is 24.5. The number of aromatic nitrogens is 1. The molecule has 0 bridgehead atoms. The van der Waals surface area contributed by atoms with Gasteiger partial charge in [0.05, 0.1) is 25.4 Å². The fraction of sp³-hybridized carbons (Fsp3) is 0.348. The van der Waals surface area contributed by atoms with Crippen molar-refractivity contribution in [2.75, 3.05) is 33.4 Å². The van der Waals surface area contributed by atoms with Crippen molar-refractivity contribution in [3.8, 4) is 0 Å². The number of ether oxygens (including phenoxy) is 2. The number of halogens is 2. The lowest BCUT2D eigenvalue weighted by molar-refractivity contribution is -0.136. The highest BCUT2D eigenvalue weighted by molar-refractivity contribution is 7.11. The summed E-state index contributed by atoms with van der Waals surface area (Å²) in [5, 5.41) is 24.0. The van der Waals surface area contributed by atoms with Gasteiger partial charge in [0.25, 0.3) is 0 Å². The number of amidine groups is 1. The minimum atomic E-state index is -1.57. The van der Waals surface area contributed by atoms with Crippen LogP contribution in [0.4, 0.5) is 4.39 Å². The third kappa shape index (κ3) is 6.13. The Kier molecular flexibility index (Phi) is 8.26. The quantitative estimate of drug-likeness (QED) is 0.287. The summed E-state index contributed by atoms with van der Waals surface area (Å²) in [4.78, 5) is 24.1. The number of thiazole rings is 1. The molecule has 0 spiro atoms. The summed E-state index contributed by atoms with van der Waals surface area (Å²) in [6.45, 7) is 1.77. The van der Waals surface area contributed by atoms with E-state index in [2.05, 4.69) is 15.2 Å². The first kappa shape index (κ1) is 25.4. The van der Waals surface area contributed by atoms with Crippen molar-refractivity contribution in [2.24, 2.45) is 4.99 Å². The van der Waals surface area contributed by atoms with Gasteiger partial charge in [-0.3, -0.25) is 9.89 Å². The van der Waals surface area contributed by atoms with E-state index >= 15 is 0 Å². The summed E-state index contributed by atoms with van der Waals surface area (Å²) in [7, 11) is 1.28. The average Bonchev–Trinajstić information content (AvgIpc) is 3.37. The van der Waals surface area contributed by atoms with Gasteiger partial charge in [-0.25, -0.2) is 14.2 Å². The lowest BCUT2D eigenvalue weighted by atomic mass is 9.95. The van der Waals surface area contributed by atoms with Gasteiger partial charge in [0.2, 0.25) is 0 Å². The third-order valence-electron chi connectivity index (χ3n) is 5.48. The number of aliphatic hydroxyl groups excluding tert-OH is 1. The van der Waals surface area contributed by atoms with Crippen LogP contribution in [0.3, 0.4) is 0 Å². The van der Waals surface area contributed by atoms with E-state index in [-0.39, 0.29) is 16.7 Å². The number of carbonyl (C=O) groups is 1. The highest BCUT2D eigenvalue weighted by Crippen LogP contribution is 2.36. The number of nitrogens with zero attached hydrogens (tertiary/aromatic N) is 3. The lowest BCUT2D eigenvalue weighted by Crippen LogP contribution is -2.46. The molecule has 12 heteroatoms. The predicted octanol–water partition coefficient (Wildman–Crippen LogP) is 2.02. The van der Waals surface area contributed by atoms with Crippen LogP contribution in [0, 0.1) is 5.82 Å².